The van der Waals surface area contributed by atoms with Crippen LogP contribution < -0.4 is 5.32 Å². The third kappa shape index (κ3) is 4.70. The number of hydrogen-bond acceptors (Lipinski definition) is 4. The van der Waals surface area contributed by atoms with Gasteiger partial charge in [-0.25, -0.2) is 0 Å². The summed E-state index contributed by atoms with van der Waals surface area (Å²) in [6, 6.07) is 11.4. The van der Waals surface area contributed by atoms with Gasteiger partial charge in [0.2, 0.25) is 0 Å². The van der Waals surface area contributed by atoms with Crippen molar-refractivity contribution in [2.24, 2.45) is 0 Å². The summed E-state index contributed by atoms with van der Waals surface area (Å²) in [4.78, 5) is 1.97. The van der Waals surface area contributed by atoms with Crippen LogP contribution in [0.1, 0.15) is 24.8 Å². The van der Waals surface area contributed by atoms with E-state index in [0.717, 1.165) is 25.1 Å². The molecule has 5 nitrogen and oxygen atoms in total. The zero-order valence-electron chi connectivity index (χ0n) is 12.3. The van der Waals surface area contributed by atoms with Crippen molar-refractivity contribution in [3.8, 4) is 12.1 Å². The Morgan fingerprint density at radius 1 is 1.45 bits per heavy atom. The first-order valence-electron chi connectivity index (χ1n) is 7.27. The van der Waals surface area contributed by atoms with E-state index in [2.05, 4.69) is 17.5 Å². The lowest BCUT2D eigenvalue weighted by Gasteiger charge is -2.27. The minimum Gasteiger partial charge on any atom is -0.376 e. The number of ether oxygens (including phenoxy) is 1. The highest BCUT2D eigenvalue weighted by Gasteiger charge is 2.20. The third-order valence-corrected chi connectivity index (χ3v) is 3.83. The normalized spacial score (nSPS) is 16.5. The number of nitriles is 2. The largest absolute Gasteiger partial charge is 0.376 e. The van der Waals surface area contributed by atoms with Crippen LogP contribution in [0.2, 0.25) is 0 Å². The van der Waals surface area contributed by atoms with E-state index in [-0.39, 0.29) is 6.10 Å². The molecule has 1 aliphatic heterocycles. The highest BCUT2D eigenvalue weighted by atomic mass is 32.1. The van der Waals surface area contributed by atoms with Gasteiger partial charge in [-0.05, 0) is 43.3 Å². The fraction of sp³-hybridized carbons (Fsp3) is 0.438. The van der Waals surface area contributed by atoms with Crippen molar-refractivity contribution < 1.29 is 4.74 Å². The monoisotopic (exact) mass is 314 g/mol. The molecular weight excluding hydrogens is 296 g/mol. The molecule has 0 spiro atoms. The Morgan fingerprint density at radius 2 is 2.32 bits per heavy atom. The fourth-order valence-corrected chi connectivity index (χ4v) is 2.65. The van der Waals surface area contributed by atoms with Crippen LogP contribution in [-0.4, -0.2) is 35.8 Å². The molecule has 0 aliphatic carbocycles. The first kappa shape index (κ1) is 16.2. The summed E-state index contributed by atoms with van der Waals surface area (Å²) in [5.74, 6) is 0. The Hall–Kier alpha value is -2.15. The van der Waals surface area contributed by atoms with Crippen molar-refractivity contribution in [2.75, 3.05) is 25.0 Å². The second kappa shape index (κ2) is 8.33. The van der Waals surface area contributed by atoms with Gasteiger partial charge in [-0.2, -0.15) is 10.5 Å². The van der Waals surface area contributed by atoms with Gasteiger partial charge in [0, 0.05) is 25.4 Å². The lowest BCUT2D eigenvalue weighted by molar-refractivity contribution is 0.0922. The average molecular weight is 314 g/mol. The molecule has 1 aromatic rings. The summed E-state index contributed by atoms with van der Waals surface area (Å²) in [7, 11) is 0. The summed E-state index contributed by atoms with van der Waals surface area (Å²) < 4.78 is 5.65. The van der Waals surface area contributed by atoms with Crippen molar-refractivity contribution >= 4 is 23.0 Å². The molecule has 114 valence electrons. The summed E-state index contributed by atoms with van der Waals surface area (Å²) in [6.45, 7) is 2.05. The molecule has 0 saturated carbocycles. The molecule has 1 unspecified atom stereocenters. The predicted octanol–water partition coefficient (Wildman–Crippen LogP) is 2.65. The molecule has 1 N–H and O–H groups in total. The van der Waals surface area contributed by atoms with Crippen molar-refractivity contribution in [3.05, 3.63) is 29.8 Å². The Kier molecular flexibility index (Phi) is 6.14. The average Bonchev–Trinajstić information content (AvgIpc) is 3.04. The maximum Gasteiger partial charge on any atom is 0.173 e. The Balaban J connectivity index is 2.00. The number of hydrogen-bond donors (Lipinski definition) is 1. The summed E-state index contributed by atoms with van der Waals surface area (Å²) in [6.07, 6.45) is 2.67. The van der Waals surface area contributed by atoms with Crippen LogP contribution in [0.3, 0.4) is 0 Å². The number of nitrogens with zero attached hydrogens (tertiary/aromatic N) is 3. The molecule has 1 aliphatic rings. The lowest BCUT2D eigenvalue weighted by Crippen LogP contribution is -2.40. The van der Waals surface area contributed by atoms with Crippen molar-refractivity contribution in [1.82, 2.24) is 4.90 Å². The van der Waals surface area contributed by atoms with Crippen molar-refractivity contribution in [2.45, 2.75) is 25.4 Å². The first-order chi connectivity index (χ1) is 10.7. The molecule has 1 atom stereocenters. The molecule has 6 heteroatoms. The molecule has 0 aromatic heterocycles. The molecule has 22 heavy (non-hydrogen) atoms. The molecule has 2 rings (SSSR count). The number of thiocarbonyl (C=S) groups is 1. The molecule has 1 heterocycles. The summed E-state index contributed by atoms with van der Waals surface area (Å²) in [5.41, 5.74) is 1.36. The van der Waals surface area contributed by atoms with E-state index in [1.807, 2.05) is 17.0 Å². The van der Waals surface area contributed by atoms with Crippen LogP contribution in [-0.2, 0) is 4.74 Å². The zero-order valence-corrected chi connectivity index (χ0v) is 13.1. The summed E-state index contributed by atoms with van der Waals surface area (Å²) in [5, 5.41) is 21.4. The smallest absolute Gasteiger partial charge is 0.173 e. The molecular formula is C16H18N4OS. The van der Waals surface area contributed by atoms with Gasteiger partial charge in [0.05, 0.1) is 30.2 Å². The van der Waals surface area contributed by atoms with E-state index in [1.54, 1.807) is 12.1 Å². The second-order valence-corrected chi connectivity index (χ2v) is 5.50. The predicted molar refractivity (Wildman–Crippen MR) is 88.2 cm³/mol. The third-order valence-electron chi connectivity index (χ3n) is 3.47. The second-order valence-electron chi connectivity index (χ2n) is 5.11. The number of benzene rings is 1. The Bertz CT molecular complexity index is 599. The summed E-state index contributed by atoms with van der Waals surface area (Å²) >= 11 is 5.45. The molecule has 0 bridgehead atoms. The molecule has 0 radical (unpaired) electrons. The quantitative estimate of drug-likeness (QED) is 0.842. The number of anilines is 1. The highest BCUT2D eigenvalue weighted by molar-refractivity contribution is 7.80. The molecule has 1 fully saturated rings. The van der Waals surface area contributed by atoms with Crippen LogP contribution in [0.15, 0.2) is 24.3 Å². The fourth-order valence-electron chi connectivity index (χ4n) is 2.36. The Morgan fingerprint density at radius 3 is 3.00 bits per heavy atom. The van der Waals surface area contributed by atoms with E-state index < -0.39 is 0 Å². The van der Waals surface area contributed by atoms with E-state index in [1.165, 1.54) is 0 Å². The minimum atomic E-state index is 0.170. The topological polar surface area (TPSA) is 72.1 Å². The van der Waals surface area contributed by atoms with Gasteiger partial charge in [0.1, 0.15) is 0 Å². The van der Waals surface area contributed by atoms with Gasteiger partial charge in [0.15, 0.2) is 5.11 Å². The number of nitrogens with one attached hydrogen (secondary N) is 1. The molecule has 1 saturated heterocycles. The zero-order chi connectivity index (χ0) is 15.8. The van der Waals surface area contributed by atoms with E-state index in [4.69, 9.17) is 27.5 Å². The Labute approximate surface area is 136 Å². The van der Waals surface area contributed by atoms with Crippen LogP contribution in [0.25, 0.3) is 0 Å². The highest BCUT2D eigenvalue weighted by Crippen LogP contribution is 2.15. The van der Waals surface area contributed by atoms with Gasteiger partial charge in [-0.3, -0.25) is 0 Å². The van der Waals surface area contributed by atoms with E-state index in [9.17, 15) is 0 Å². The maximum atomic E-state index is 8.94. The van der Waals surface area contributed by atoms with Gasteiger partial charge in [0.25, 0.3) is 0 Å². The minimum absolute atomic E-state index is 0.170. The number of rotatable bonds is 5. The van der Waals surface area contributed by atoms with E-state index in [0.29, 0.717) is 30.2 Å². The van der Waals surface area contributed by atoms with Crippen LogP contribution in [0.4, 0.5) is 5.69 Å². The maximum absolute atomic E-state index is 8.94. The van der Waals surface area contributed by atoms with Crippen molar-refractivity contribution in [3.63, 3.8) is 0 Å². The molecule has 0 amide bonds. The van der Waals surface area contributed by atoms with E-state index >= 15 is 0 Å². The van der Waals surface area contributed by atoms with Gasteiger partial charge >= 0.3 is 0 Å². The van der Waals surface area contributed by atoms with Crippen LogP contribution in [0, 0.1) is 22.7 Å². The SMILES string of the molecule is N#CCCN(CC1CCCO1)C(=S)Nc1cccc(C#N)c1. The van der Waals surface area contributed by atoms with Gasteiger partial charge in [-0.15, -0.1) is 0 Å². The van der Waals surface area contributed by atoms with Gasteiger partial charge in [-0.1, -0.05) is 6.07 Å². The van der Waals surface area contributed by atoms with Crippen molar-refractivity contribution in [1.29, 1.82) is 10.5 Å². The van der Waals surface area contributed by atoms with Crippen LogP contribution >= 0.6 is 12.2 Å². The standard InChI is InChI=1S/C16H18N4OS/c17-7-3-8-20(12-15-6-2-9-21-15)16(22)19-14-5-1-4-13(10-14)11-18/h1,4-5,10,15H,2-3,6,8-9,12H2,(H,19,22). The van der Waals surface area contributed by atoms with Crippen LogP contribution in [0.5, 0.6) is 0 Å². The molecule has 1 aromatic carbocycles. The first-order valence-corrected chi connectivity index (χ1v) is 7.68. The van der Waals surface area contributed by atoms with Gasteiger partial charge < -0.3 is 15.0 Å². The lowest BCUT2D eigenvalue weighted by atomic mass is 10.2.